The van der Waals surface area contributed by atoms with Crippen LogP contribution in [0.5, 0.6) is 17.2 Å². The molecule has 4 unspecified atom stereocenters. The number of likely N-dealkylation sites (N-methyl/N-ethyl adjacent to an activating group) is 1. The zero-order chi connectivity index (χ0) is 31.9. The van der Waals surface area contributed by atoms with Gasteiger partial charge in [0, 0.05) is 30.5 Å². The molecule has 2 heterocycles. The molecule has 4 aromatic rings. The molecule has 238 valence electrons. The molecule has 2 aromatic heterocycles. The number of rotatable bonds is 16. The highest BCUT2D eigenvalue weighted by Crippen LogP contribution is 2.37. The van der Waals surface area contributed by atoms with Crippen LogP contribution in [0.25, 0.3) is 5.52 Å². The molecular formula is C32H43N5O6S. The molecule has 0 spiro atoms. The number of quaternary nitrogens is 1. The molecule has 12 heteroatoms. The SMILES string of the molecule is CCOc1ccc([N+](C)(CCc2ccc(OC)c(OC)c2)S(=O)[O-])cc1C(C)CCC(C)CCc1nn2cncc2c(=O)[nH]1. The summed E-state index contributed by atoms with van der Waals surface area (Å²) in [5.74, 6) is 3.17. The van der Waals surface area contributed by atoms with E-state index in [0.717, 1.165) is 36.1 Å². The number of nitrogens with one attached hydrogen (secondary N) is 1. The Hall–Kier alpha value is -3.74. The van der Waals surface area contributed by atoms with Gasteiger partial charge in [0.2, 0.25) is 0 Å². The van der Waals surface area contributed by atoms with Crippen molar-refractivity contribution in [1.82, 2.24) is 23.5 Å². The van der Waals surface area contributed by atoms with E-state index in [-0.39, 0.29) is 15.4 Å². The number of hydrogen-bond donors (Lipinski definition) is 1. The standard InChI is InChI=1S/C32H43N5O6S/c1-7-43-28-14-12-25(37(4,44(39)40)17-16-24-11-13-29(41-5)30(18-24)42-6)19-26(28)23(3)10-8-22(2)9-15-31-34-32(38)27-20-33-21-36(27)35-31/h11-14,18-23H,7-10,15-17H2,1-6H3,(H-,34,35,38,39,40). The number of fused-ring (bicyclic) bond motifs is 1. The fraction of sp³-hybridized carbons (Fsp3) is 0.469. The van der Waals surface area contributed by atoms with Crippen molar-refractivity contribution < 1.29 is 23.0 Å². The largest absolute Gasteiger partial charge is 0.724 e. The van der Waals surface area contributed by atoms with Crippen molar-refractivity contribution in [1.29, 1.82) is 0 Å². The molecule has 4 atom stereocenters. The zero-order valence-electron chi connectivity index (χ0n) is 26.4. The van der Waals surface area contributed by atoms with Crippen molar-refractivity contribution in [3.63, 3.8) is 0 Å². The molecule has 0 aliphatic heterocycles. The Morgan fingerprint density at radius 3 is 2.48 bits per heavy atom. The summed E-state index contributed by atoms with van der Waals surface area (Å²) in [5, 5.41) is 4.46. The minimum atomic E-state index is -2.42. The predicted octanol–water partition coefficient (Wildman–Crippen LogP) is 4.96. The van der Waals surface area contributed by atoms with Gasteiger partial charge < -0.3 is 23.7 Å². The summed E-state index contributed by atoms with van der Waals surface area (Å²) in [6, 6.07) is 11.4. The van der Waals surface area contributed by atoms with Crippen LogP contribution in [0.15, 0.2) is 53.7 Å². The quantitative estimate of drug-likeness (QED) is 0.137. The van der Waals surface area contributed by atoms with E-state index >= 15 is 0 Å². The van der Waals surface area contributed by atoms with Crippen LogP contribution in [0.1, 0.15) is 62.9 Å². The maximum Gasteiger partial charge on any atom is 0.276 e. The number of aryl methyl sites for hydroxylation is 1. The van der Waals surface area contributed by atoms with Gasteiger partial charge >= 0.3 is 0 Å². The number of nitrogens with zero attached hydrogens (tertiary/aromatic N) is 4. The topological polar surface area (TPSA) is 131 Å². The first kappa shape index (κ1) is 33.2. The van der Waals surface area contributed by atoms with Crippen LogP contribution in [-0.2, 0) is 24.1 Å². The van der Waals surface area contributed by atoms with Gasteiger partial charge in [0.25, 0.3) is 5.56 Å². The number of benzene rings is 2. The first-order chi connectivity index (χ1) is 21.1. The molecule has 0 amide bonds. The van der Waals surface area contributed by atoms with E-state index in [1.54, 1.807) is 21.3 Å². The number of ether oxygens (including phenoxy) is 3. The first-order valence-electron chi connectivity index (χ1n) is 14.9. The minimum absolute atomic E-state index is 0.138. The Balaban J connectivity index is 1.46. The molecule has 11 nitrogen and oxygen atoms in total. The lowest BCUT2D eigenvalue weighted by atomic mass is 9.89. The van der Waals surface area contributed by atoms with E-state index in [9.17, 15) is 13.6 Å². The molecule has 0 aliphatic carbocycles. The third kappa shape index (κ3) is 7.66. The van der Waals surface area contributed by atoms with E-state index in [1.165, 1.54) is 17.0 Å². The van der Waals surface area contributed by atoms with Gasteiger partial charge in [-0.2, -0.15) is 5.10 Å². The van der Waals surface area contributed by atoms with Crippen LogP contribution in [0.4, 0.5) is 5.69 Å². The lowest BCUT2D eigenvalue weighted by molar-refractivity contribution is 0.332. The van der Waals surface area contributed by atoms with E-state index in [1.807, 2.05) is 43.3 Å². The summed E-state index contributed by atoms with van der Waals surface area (Å²) in [6.45, 7) is 7.15. The van der Waals surface area contributed by atoms with Crippen molar-refractivity contribution in [2.75, 3.05) is 34.4 Å². The molecule has 0 radical (unpaired) electrons. The molecule has 0 aliphatic rings. The molecular weight excluding hydrogens is 582 g/mol. The molecule has 2 aromatic carbocycles. The van der Waals surface area contributed by atoms with Gasteiger partial charge in [0.1, 0.15) is 29.1 Å². The van der Waals surface area contributed by atoms with Crippen LogP contribution >= 0.6 is 0 Å². The van der Waals surface area contributed by atoms with E-state index in [0.29, 0.717) is 60.4 Å². The minimum Gasteiger partial charge on any atom is -0.724 e. The molecule has 0 saturated carbocycles. The van der Waals surface area contributed by atoms with Gasteiger partial charge in [-0.15, -0.1) is 0 Å². The lowest BCUT2D eigenvalue weighted by Gasteiger charge is -2.35. The van der Waals surface area contributed by atoms with Crippen molar-refractivity contribution in [3.8, 4) is 17.2 Å². The highest BCUT2D eigenvalue weighted by Gasteiger charge is 2.29. The van der Waals surface area contributed by atoms with Gasteiger partial charge in [-0.1, -0.05) is 26.3 Å². The Morgan fingerprint density at radius 1 is 1.02 bits per heavy atom. The second-order valence-electron chi connectivity index (χ2n) is 11.4. The number of aromatic amines is 1. The third-order valence-electron chi connectivity index (χ3n) is 8.28. The number of hydrogen-bond acceptors (Lipinski definition) is 8. The predicted molar refractivity (Wildman–Crippen MR) is 171 cm³/mol. The fourth-order valence-corrected chi connectivity index (χ4v) is 5.91. The van der Waals surface area contributed by atoms with Gasteiger partial charge in [0.05, 0.1) is 40.6 Å². The maximum atomic E-state index is 12.7. The Kier molecular flexibility index (Phi) is 11.2. The van der Waals surface area contributed by atoms with Crippen molar-refractivity contribution in [2.45, 2.75) is 58.8 Å². The molecule has 1 N–H and O–H groups in total. The van der Waals surface area contributed by atoms with Gasteiger partial charge in [-0.05, 0) is 55.4 Å². The van der Waals surface area contributed by atoms with E-state index < -0.39 is 11.3 Å². The second-order valence-corrected chi connectivity index (χ2v) is 12.6. The lowest BCUT2D eigenvalue weighted by Crippen LogP contribution is -2.48. The Morgan fingerprint density at radius 2 is 1.77 bits per heavy atom. The Labute approximate surface area is 261 Å². The van der Waals surface area contributed by atoms with Crippen LogP contribution in [-0.4, -0.2) is 62.8 Å². The molecule has 0 fully saturated rings. The number of aromatic nitrogens is 4. The second kappa shape index (κ2) is 14.8. The number of imidazole rings is 1. The zero-order valence-corrected chi connectivity index (χ0v) is 27.2. The van der Waals surface area contributed by atoms with Gasteiger partial charge in [0.15, 0.2) is 22.8 Å². The highest BCUT2D eigenvalue weighted by molar-refractivity contribution is 7.78. The van der Waals surface area contributed by atoms with Gasteiger partial charge in [-0.25, -0.2) is 17.6 Å². The van der Waals surface area contributed by atoms with Crippen LogP contribution in [0.3, 0.4) is 0 Å². The first-order valence-corrected chi connectivity index (χ1v) is 16.0. The maximum absolute atomic E-state index is 12.7. The summed E-state index contributed by atoms with van der Waals surface area (Å²) in [6.07, 6.45) is 6.93. The van der Waals surface area contributed by atoms with Crippen molar-refractivity contribution >= 4 is 22.5 Å². The summed E-state index contributed by atoms with van der Waals surface area (Å²) in [4.78, 5) is 19.1. The molecule has 0 saturated heterocycles. The third-order valence-corrected chi connectivity index (χ3v) is 9.33. The molecule has 0 bridgehead atoms. The summed E-state index contributed by atoms with van der Waals surface area (Å²) < 4.78 is 43.4. The molecule has 44 heavy (non-hydrogen) atoms. The van der Waals surface area contributed by atoms with Crippen molar-refractivity contribution in [2.24, 2.45) is 5.92 Å². The van der Waals surface area contributed by atoms with E-state index in [2.05, 4.69) is 28.9 Å². The summed E-state index contributed by atoms with van der Waals surface area (Å²) in [5.41, 5.74) is 2.87. The highest BCUT2D eigenvalue weighted by atomic mass is 32.2. The average molecular weight is 626 g/mol. The fourth-order valence-electron chi connectivity index (χ4n) is 5.38. The van der Waals surface area contributed by atoms with E-state index in [4.69, 9.17) is 14.2 Å². The summed E-state index contributed by atoms with van der Waals surface area (Å²) >= 11 is -2.42. The summed E-state index contributed by atoms with van der Waals surface area (Å²) in [7, 11) is 4.88. The molecule has 4 rings (SSSR count). The van der Waals surface area contributed by atoms with Crippen LogP contribution in [0, 0.1) is 5.92 Å². The number of methoxy groups -OCH3 is 2. The average Bonchev–Trinajstić information content (AvgIpc) is 3.51. The Bertz CT molecular complexity index is 1640. The normalized spacial score (nSPS) is 15.0. The van der Waals surface area contributed by atoms with Crippen LogP contribution < -0.4 is 23.7 Å². The number of H-pyrrole nitrogens is 1. The van der Waals surface area contributed by atoms with Gasteiger partial charge in [-0.3, -0.25) is 4.79 Å². The van der Waals surface area contributed by atoms with Crippen LogP contribution in [0.2, 0.25) is 0 Å². The monoisotopic (exact) mass is 625 g/mol. The van der Waals surface area contributed by atoms with Crippen molar-refractivity contribution in [3.05, 3.63) is 76.2 Å². The smallest absolute Gasteiger partial charge is 0.276 e.